The van der Waals surface area contributed by atoms with Gasteiger partial charge < -0.3 is 4.42 Å². The third-order valence-electron chi connectivity index (χ3n) is 4.59. The lowest BCUT2D eigenvalue weighted by atomic mass is 10.1. The number of hydrogen-bond donors (Lipinski definition) is 0. The van der Waals surface area contributed by atoms with Gasteiger partial charge >= 0.3 is 6.18 Å². The Hall–Kier alpha value is -3.49. The Morgan fingerprint density at radius 1 is 0.933 bits per heavy atom. The summed E-state index contributed by atoms with van der Waals surface area (Å²) < 4.78 is 46.9. The lowest BCUT2D eigenvalue weighted by Crippen LogP contribution is -2.06. The van der Waals surface area contributed by atoms with Crippen molar-refractivity contribution in [2.24, 2.45) is 0 Å². The van der Waals surface area contributed by atoms with Crippen molar-refractivity contribution in [2.45, 2.75) is 32.4 Å². The summed E-state index contributed by atoms with van der Waals surface area (Å²) in [4.78, 5) is 0. The molecule has 0 N–H and O–H groups in total. The monoisotopic (exact) mass is 413 g/mol. The van der Waals surface area contributed by atoms with Crippen LogP contribution < -0.4 is 0 Å². The minimum atomic E-state index is -4.51. The van der Waals surface area contributed by atoms with E-state index < -0.39 is 11.7 Å². The highest BCUT2D eigenvalue weighted by molar-refractivity contribution is 5.62. The van der Waals surface area contributed by atoms with Crippen LogP contribution in [0.25, 0.3) is 28.6 Å². The Kier molecular flexibility index (Phi) is 5.35. The fourth-order valence-corrected chi connectivity index (χ4v) is 3.02. The summed E-state index contributed by atoms with van der Waals surface area (Å²) in [5.41, 5.74) is 1.35. The van der Waals surface area contributed by atoms with Crippen LogP contribution in [0.4, 0.5) is 13.2 Å². The summed E-state index contributed by atoms with van der Waals surface area (Å²) >= 11 is 0. The normalized spacial score (nSPS) is 11.7. The lowest BCUT2D eigenvalue weighted by molar-refractivity contribution is -0.137. The molecule has 154 valence electrons. The number of halogens is 3. The second-order valence-corrected chi connectivity index (χ2v) is 6.76. The van der Waals surface area contributed by atoms with Gasteiger partial charge in [-0.05, 0) is 49.2 Å². The van der Waals surface area contributed by atoms with Crippen LogP contribution >= 0.6 is 0 Å². The van der Waals surface area contributed by atoms with Crippen LogP contribution in [-0.2, 0) is 12.6 Å². The molecule has 0 amide bonds. The molecule has 0 aliphatic carbocycles. The smallest absolute Gasteiger partial charge is 0.416 e. The molecule has 0 saturated heterocycles. The molecular weight excluding hydrogens is 395 g/mol. The number of alkyl halides is 3. The molecule has 2 aromatic carbocycles. The molecule has 0 fully saturated rings. The van der Waals surface area contributed by atoms with Crippen molar-refractivity contribution in [3.63, 3.8) is 0 Å². The molecule has 0 aliphatic rings. The van der Waals surface area contributed by atoms with Crippen LogP contribution in [0, 0.1) is 0 Å². The first-order valence-electron chi connectivity index (χ1n) is 9.48. The number of aryl methyl sites for hydroxylation is 1. The third kappa shape index (κ3) is 4.10. The predicted octanol–water partition coefficient (Wildman–Crippen LogP) is 5.35. The van der Waals surface area contributed by atoms with Crippen molar-refractivity contribution < 1.29 is 17.6 Å². The van der Waals surface area contributed by atoms with E-state index in [0.717, 1.165) is 36.7 Å². The molecular formula is C21H18F3N5O. The van der Waals surface area contributed by atoms with Gasteiger partial charge in [-0.15, -0.1) is 15.3 Å². The largest absolute Gasteiger partial charge is 0.417 e. The summed E-state index contributed by atoms with van der Waals surface area (Å²) in [7, 11) is 0. The summed E-state index contributed by atoms with van der Waals surface area (Å²) in [6, 6.07) is 12.2. The van der Waals surface area contributed by atoms with Crippen LogP contribution in [0.3, 0.4) is 0 Å². The highest BCUT2D eigenvalue weighted by Crippen LogP contribution is 2.37. The molecule has 4 rings (SSSR count). The topological polar surface area (TPSA) is 69.6 Å². The summed E-state index contributed by atoms with van der Waals surface area (Å²) in [6.07, 6.45) is 0.374. The zero-order chi connectivity index (χ0) is 21.1. The number of unbranched alkanes of at least 4 members (excludes halogenated alkanes) is 1. The number of hydrogen-bond acceptors (Lipinski definition) is 5. The maximum absolute atomic E-state index is 13.2. The molecule has 30 heavy (non-hydrogen) atoms. The standard InChI is InChI=1S/C21H18F3N5O/c1-2-3-6-15-13-29(28-25-15)16-11-9-14(10-12-16)19-26-27-20(30-19)17-7-4-5-8-18(17)21(22,23)24/h4-5,7-13H,2-3,6H2,1H3. The van der Waals surface area contributed by atoms with Crippen molar-refractivity contribution in [3.8, 4) is 28.6 Å². The van der Waals surface area contributed by atoms with E-state index in [1.165, 1.54) is 18.2 Å². The van der Waals surface area contributed by atoms with Gasteiger partial charge in [0.05, 0.1) is 28.7 Å². The zero-order valence-electron chi connectivity index (χ0n) is 16.1. The van der Waals surface area contributed by atoms with Gasteiger partial charge in [0.1, 0.15) is 0 Å². The Balaban J connectivity index is 1.57. The Labute approximate surface area is 170 Å². The average Bonchev–Trinajstić information content (AvgIpc) is 3.42. The van der Waals surface area contributed by atoms with Gasteiger partial charge in [-0.1, -0.05) is 30.7 Å². The molecule has 9 heteroatoms. The number of aromatic nitrogens is 5. The SMILES string of the molecule is CCCCc1cn(-c2ccc(-c3nnc(-c4ccccc4C(F)(F)F)o3)cc2)nn1. The fourth-order valence-electron chi connectivity index (χ4n) is 3.02. The maximum Gasteiger partial charge on any atom is 0.417 e. The molecule has 2 aromatic heterocycles. The fraction of sp³-hybridized carbons (Fsp3) is 0.238. The van der Waals surface area contributed by atoms with Crippen molar-refractivity contribution in [3.05, 3.63) is 66.0 Å². The molecule has 0 unspecified atom stereocenters. The van der Waals surface area contributed by atoms with Crippen LogP contribution in [0.15, 0.2) is 59.1 Å². The Morgan fingerprint density at radius 2 is 1.67 bits per heavy atom. The molecule has 6 nitrogen and oxygen atoms in total. The zero-order valence-corrected chi connectivity index (χ0v) is 16.1. The van der Waals surface area contributed by atoms with E-state index in [1.54, 1.807) is 28.9 Å². The first-order chi connectivity index (χ1) is 14.5. The van der Waals surface area contributed by atoms with E-state index in [2.05, 4.69) is 27.4 Å². The van der Waals surface area contributed by atoms with Gasteiger partial charge in [-0.2, -0.15) is 13.2 Å². The van der Waals surface area contributed by atoms with Crippen LogP contribution in [-0.4, -0.2) is 25.2 Å². The van der Waals surface area contributed by atoms with Crippen LogP contribution in [0.5, 0.6) is 0 Å². The van der Waals surface area contributed by atoms with E-state index in [0.29, 0.717) is 5.56 Å². The van der Waals surface area contributed by atoms with Crippen LogP contribution in [0.2, 0.25) is 0 Å². The molecule has 0 saturated carbocycles. The van der Waals surface area contributed by atoms with Gasteiger partial charge in [0.2, 0.25) is 11.8 Å². The Morgan fingerprint density at radius 3 is 2.40 bits per heavy atom. The molecule has 0 bridgehead atoms. The van der Waals surface area contributed by atoms with E-state index in [1.807, 2.05) is 6.20 Å². The summed E-state index contributed by atoms with van der Waals surface area (Å²) in [6.45, 7) is 2.12. The van der Waals surface area contributed by atoms with Gasteiger partial charge in [-0.3, -0.25) is 0 Å². The summed E-state index contributed by atoms with van der Waals surface area (Å²) in [5.74, 6) is -0.0467. The van der Waals surface area contributed by atoms with Crippen molar-refractivity contribution >= 4 is 0 Å². The highest BCUT2D eigenvalue weighted by Gasteiger charge is 2.34. The third-order valence-corrected chi connectivity index (χ3v) is 4.59. The maximum atomic E-state index is 13.2. The number of rotatable bonds is 6. The van der Waals surface area contributed by atoms with E-state index >= 15 is 0 Å². The van der Waals surface area contributed by atoms with Crippen molar-refractivity contribution in [1.29, 1.82) is 0 Å². The summed E-state index contributed by atoms with van der Waals surface area (Å²) in [5, 5.41) is 16.0. The van der Waals surface area contributed by atoms with Crippen molar-refractivity contribution in [1.82, 2.24) is 25.2 Å². The second kappa shape index (κ2) is 8.10. The molecule has 0 radical (unpaired) electrons. The first-order valence-corrected chi connectivity index (χ1v) is 9.48. The number of benzene rings is 2. The van der Waals surface area contributed by atoms with Gasteiger partial charge in [-0.25, -0.2) is 4.68 Å². The minimum absolute atomic E-state index is 0.135. The first kappa shape index (κ1) is 19.8. The van der Waals surface area contributed by atoms with Gasteiger partial charge in [0, 0.05) is 5.56 Å². The Bertz CT molecular complexity index is 1130. The quantitative estimate of drug-likeness (QED) is 0.426. The number of nitrogens with zero attached hydrogens (tertiary/aromatic N) is 5. The van der Waals surface area contributed by atoms with E-state index in [-0.39, 0.29) is 17.3 Å². The molecule has 0 aliphatic heterocycles. The minimum Gasteiger partial charge on any atom is -0.416 e. The molecule has 0 spiro atoms. The van der Waals surface area contributed by atoms with Gasteiger partial charge in [0.25, 0.3) is 0 Å². The van der Waals surface area contributed by atoms with E-state index in [4.69, 9.17) is 4.42 Å². The van der Waals surface area contributed by atoms with Crippen molar-refractivity contribution in [2.75, 3.05) is 0 Å². The van der Waals surface area contributed by atoms with E-state index in [9.17, 15) is 13.2 Å². The lowest BCUT2D eigenvalue weighted by Gasteiger charge is -2.09. The molecule has 2 heterocycles. The average molecular weight is 413 g/mol. The second-order valence-electron chi connectivity index (χ2n) is 6.76. The molecule has 0 atom stereocenters. The van der Waals surface area contributed by atoms with Gasteiger partial charge in [0.15, 0.2) is 0 Å². The highest BCUT2D eigenvalue weighted by atomic mass is 19.4. The molecule has 4 aromatic rings. The van der Waals surface area contributed by atoms with Crippen LogP contribution in [0.1, 0.15) is 31.0 Å². The predicted molar refractivity (Wildman–Crippen MR) is 104 cm³/mol.